The number of nitrogens with two attached hydrogens (primary N) is 1. The second-order valence-electron chi connectivity index (χ2n) is 5.24. The molecule has 0 saturated carbocycles. The van der Waals surface area contributed by atoms with Crippen LogP contribution in [0.15, 0.2) is 24.4 Å². The fraction of sp³-hybridized carbons (Fsp3) is 0.500. The van der Waals surface area contributed by atoms with E-state index in [2.05, 4.69) is 4.98 Å². The third kappa shape index (κ3) is 3.77. The number of rotatable bonds is 6. The molecule has 0 fully saturated rings. The molecule has 0 aliphatic carbocycles. The number of nitrogens with zero attached hydrogens (tertiary/aromatic N) is 1. The average molecular weight is 280 g/mol. The molecule has 0 aromatic carbocycles. The van der Waals surface area contributed by atoms with Crippen molar-refractivity contribution in [2.24, 2.45) is 17.6 Å². The van der Waals surface area contributed by atoms with Crippen molar-refractivity contribution in [3.05, 3.63) is 30.1 Å². The summed E-state index contributed by atoms with van der Waals surface area (Å²) >= 11 is 0. The van der Waals surface area contributed by atoms with Crippen LogP contribution in [0.25, 0.3) is 0 Å². The second kappa shape index (κ2) is 6.47. The van der Waals surface area contributed by atoms with Gasteiger partial charge in [0, 0.05) is 6.20 Å². The Balaban J connectivity index is 2.78. The number of carbonyl (C=O) groups is 2. The third-order valence-corrected chi connectivity index (χ3v) is 3.12. The lowest BCUT2D eigenvalue weighted by molar-refractivity contribution is -0.161. The van der Waals surface area contributed by atoms with Crippen molar-refractivity contribution in [1.82, 2.24) is 4.98 Å². The van der Waals surface area contributed by atoms with Crippen LogP contribution in [-0.2, 0) is 20.9 Å². The molecule has 2 atom stereocenters. The Hall–Kier alpha value is -1.95. The van der Waals surface area contributed by atoms with Gasteiger partial charge in [-0.3, -0.25) is 14.6 Å². The molecule has 20 heavy (non-hydrogen) atoms. The number of esters is 1. The number of hydrogen-bond donors (Lipinski definition) is 2. The van der Waals surface area contributed by atoms with E-state index in [1.54, 1.807) is 38.2 Å². The molecule has 0 saturated heterocycles. The molecule has 1 heterocycles. The van der Waals surface area contributed by atoms with Gasteiger partial charge >= 0.3 is 11.9 Å². The Labute approximate surface area is 118 Å². The van der Waals surface area contributed by atoms with Crippen molar-refractivity contribution in [1.29, 1.82) is 0 Å². The lowest BCUT2D eigenvalue weighted by Gasteiger charge is -2.31. The van der Waals surface area contributed by atoms with E-state index in [4.69, 9.17) is 15.6 Å². The van der Waals surface area contributed by atoms with Crippen LogP contribution in [0.5, 0.6) is 0 Å². The minimum Gasteiger partial charge on any atom is -0.480 e. The van der Waals surface area contributed by atoms with Crippen molar-refractivity contribution in [2.75, 3.05) is 0 Å². The summed E-state index contributed by atoms with van der Waals surface area (Å²) in [7, 11) is 0. The Morgan fingerprint density at radius 3 is 2.55 bits per heavy atom. The minimum atomic E-state index is -1.67. The molecule has 0 spiro atoms. The summed E-state index contributed by atoms with van der Waals surface area (Å²) in [5, 5.41) is 9.15. The molecule has 0 radical (unpaired) electrons. The van der Waals surface area contributed by atoms with E-state index >= 15 is 0 Å². The molecule has 110 valence electrons. The highest BCUT2D eigenvalue weighted by Crippen LogP contribution is 2.25. The first-order chi connectivity index (χ1) is 9.26. The van der Waals surface area contributed by atoms with E-state index in [-0.39, 0.29) is 12.5 Å². The van der Waals surface area contributed by atoms with Crippen LogP contribution in [0, 0.1) is 11.8 Å². The highest BCUT2D eigenvalue weighted by molar-refractivity contribution is 5.87. The third-order valence-electron chi connectivity index (χ3n) is 3.12. The maximum Gasteiger partial charge on any atom is 0.324 e. The zero-order chi connectivity index (χ0) is 15.3. The van der Waals surface area contributed by atoms with Gasteiger partial charge in [0.25, 0.3) is 0 Å². The van der Waals surface area contributed by atoms with E-state index in [1.807, 2.05) is 0 Å². The van der Waals surface area contributed by atoms with Crippen LogP contribution < -0.4 is 5.73 Å². The highest BCUT2D eigenvalue weighted by atomic mass is 16.5. The van der Waals surface area contributed by atoms with Gasteiger partial charge in [0.2, 0.25) is 0 Å². The molecule has 1 rings (SSSR count). The standard InChI is InChI=1S/C14H20N2O4/c1-9(2)11(14(3,15)13(18)19)12(17)20-8-10-6-4-5-7-16-10/h4-7,9,11H,8,15H2,1-3H3,(H,18,19)/t11?,14-/m0/s1. The number of aliphatic carboxylic acids is 1. The Bertz CT molecular complexity index is 471. The summed E-state index contributed by atoms with van der Waals surface area (Å²) in [4.78, 5) is 27.3. The van der Waals surface area contributed by atoms with E-state index in [0.29, 0.717) is 5.69 Å². The van der Waals surface area contributed by atoms with Gasteiger partial charge in [-0.25, -0.2) is 0 Å². The number of pyridine rings is 1. The molecular weight excluding hydrogens is 260 g/mol. The largest absolute Gasteiger partial charge is 0.480 e. The summed E-state index contributed by atoms with van der Waals surface area (Å²) in [6.07, 6.45) is 1.59. The van der Waals surface area contributed by atoms with Crippen LogP contribution in [0.1, 0.15) is 26.5 Å². The normalized spacial score (nSPS) is 15.4. The van der Waals surface area contributed by atoms with Gasteiger partial charge < -0.3 is 15.6 Å². The first kappa shape index (κ1) is 16.1. The molecule has 3 N–H and O–H groups in total. The fourth-order valence-electron chi connectivity index (χ4n) is 2.06. The zero-order valence-electron chi connectivity index (χ0n) is 11.9. The molecule has 1 unspecified atom stereocenters. The number of aromatic nitrogens is 1. The molecule has 1 aromatic rings. The average Bonchev–Trinajstić information content (AvgIpc) is 2.36. The van der Waals surface area contributed by atoms with Crippen molar-refractivity contribution in [3.63, 3.8) is 0 Å². The van der Waals surface area contributed by atoms with E-state index in [1.165, 1.54) is 6.92 Å². The summed E-state index contributed by atoms with van der Waals surface area (Å²) < 4.78 is 5.14. The molecule has 1 aromatic heterocycles. The number of carboxylic acid groups (broad SMARTS) is 1. The quantitative estimate of drug-likeness (QED) is 0.759. The number of carboxylic acids is 1. The predicted molar refractivity (Wildman–Crippen MR) is 72.6 cm³/mol. The molecule has 6 heteroatoms. The maximum absolute atomic E-state index is 12.1. The number of ether oxygens (including phenoxy) is 1. The van der Waals surface area contributed by atoms with Crippen LogP contribution in [0.2, 0.25) is 0 Å². The first-order valence-corrected chi connectivity index (χ1v) is 6.35. The minimum absolute atomic E-state index is 0.00140. The summed E-state index contributed by atoms with van der Waals surface area (Å²) in [6.45, 7) is 4.79. The Morgan fingerprint density at radius 1 is 1.45 bits per heavy atom. The van der Waals surface area contributed by atoms with Gasteiger partial charge in [-0.1, -0.05) is 19.9 Å². The summed E-state index contributed by atoms with van der Waals surface area (Å²) in [5.41, 5.74) is 4.68. The molecule has 6 nitrogen and oxygen atoms in total. The van der Waals surface area contributed by atoms with E-state index < -0.39 is 23.4 Å². The number of hydrogen-bond acceptors (Lipinski definition) is 5. The van der Waals surface area contributed by atoms with Crippen molar-refractivity contribution in [3.8, 4) is 0 Å². The van der Waals surface area contributed by atoms with E-state index in [0.717, 1.165) is 0 Å². The number of carbonyl (C=O) groups excluding carboxylic acids is 1. The SMILES string of the molecule is CC(C)C(C(=O)OCc1ccccn1)[C@](C)(N)C(=O)O. The predicted octanol–water partition coefficient (Wildman–Crippen LogP) is 1.20. The monoisotopic (exact) mass is 280 g/mol. The molecular formula is C14H20N2O4. The Morgan fingerprint density at radius 2 is 2.10 bits per heavy atom. The second-order valence-corrected chi connectivity index (χ2v) is 5.24. The lowest BCUT2D eigenvalue weighted by atomic mass is 9.79. The van der Waals surface area contributed by atoms with Crippen molar-refractivity contribution < 1.29 is 19.4 Å². The smallest absolute Gasteiger partial charge is 0.324 e. The summed E-state index contributed by atoms with van der Waals surface area (Å²) in [5.74, 6) is -3.04. The molecule has 0 aliphatic heterocycles. The molecule has 0 aliphatic rings. The van der Waals surface area contributed by atoms with Crippen LogP contribution in [0.4, 0.5) is 0 Å². The molecule has 0 amide bonds. The van der Waals surface area contributed by atoms with Gasteiger partial charge in [0.05, 0.1) is 11.6 Å². The van der Waals surface area contributed by atoms with Crippen LogP contribution >= 0.6 is 0 Å². The van der Waals surface area contributed by atoms with Crippen LogP contribution in [0.3, 0.4) is 0 Å². The lowest BCUT2D eigenvalue weighted by Crippen LogP contribution is -2.56. The van der Waals surface area contributed by atoms with Gasteiger partial charge in [-0.15, -0.1) is 0 Å². The van der Waals surface area contributed by atoms with Crippen molar-refractivity contribution in [2.45, 2.75) is 32.9 Å². The van der Waals surface area contributed by atoms with Gasteiger partial charge in [-0.2, -0.15) is 0 Å². The first-order valence-electron chi connectivity index (χ1n) is 6.35. The fourth-order valence-corrected chi connectivity index (χ4v) is 2.06. The van der Waals surface area contributed by atoms with Gasteiger partial charge in [0.15, 0.2) is 0 Å². The van der Waals surface area contributed by atoms with Gasteiger partial charge in [-0.05, 0) is 25.0 Å². The maximum atomic E-state index is 12.1. The van der Waals surface area contributed by atoms with Crippen LogP contribution in [-0.4, -0.2) is 27.6 Å². The Kier molecular flexibility index (Phi) is 5.21. The topological polar surface area (TPSA) is 103 Å². The summed E-state index contributed by atoms with van der Waals surface area (Å²) in [6, 6.07) is 5.25. The zero-order valence-corrected chi connectivity index (χ0v) is 11.9. The highest BCUT2D eigenvalue weighted by Gasteiger charge is 2.45. The van der Waals surface area contributed by atoms with Gasteiger partial charge in [0.1, 0.15) is 12.1 Å². The van der Waals surface area contributed by atoms with Crippen molar-refractivity contribution >= 4 is 11.9 Å². The molecule has 0 bridgehead atoms. The van der Waals surface area contributed by atoms with E-state index in [9.17, 15) is 9.59 Å².